The van der Waals surface area contributed by atoms with E-state index in [1.54, 1.807) is 18.2 Å². The molecule has 4 aromatic rings. The fourth-order valence-corrected chi connectivity index (χ4v) is 6.50. The third kappa shape index (κ3) is 13.1. The van der Waals surface area contributed by atoms with Gasteiger partial charge in [0.15, 0.2) is 6.35 Å². The molecule has 0 saturated heterocycles. The van der Waals surface area contributed by atoms with Crippen molar-refractivity contribution < 1.29 is 38.2 Å². The van der Waals surface area contributed by atoms with Gasteiger partial charge in [-0.05, 0) is 79.9 Å². The van der Waals surface area contributed by atoms with Gasteiger partial charge in [-0.25, -0.2) is 0 Å². The number of nitrogens with one attached hydrogen (secondary N) is 1. The molecule has 4 rings (SSSR count). The SMILES string of the molecule is CCOP(=O)(CCCOc1ccccc1)COc1ccc(CCNC[C@H](O)COc2ccc(OCc3ccccc3)c(CO)c2)cc1. The van der Waals surface area contributed by atoms with Crippen LogP contribution < -0.4 is 24.3 Å². The van der Waals surface area contributed by atoms with E-state index in [9.17, 15) is 14.8 Å². The van der Waals surface area contributed by atoms with E-state index >= 15 is 0 Å². The van der Waals surface area contributed by atoms with E-state index < -0.39 is 13.5 Å². The minimum absolute atomic E-state index is 0.0144. The molecule has 0 spiro atoms. The minimum Gasteiger partial charge on any atom is -0.494 e. The second-order valence-electron chi connectivity index (χ2n) is 11.0. The van der Waals surface area contributed by atoms with Gasteiger partial charge in [-0.1, -0.05) is 60.7 Å². The van der Waals surface area contributed by atoms with Gasteiger partial charge in [0.25, 0.3) is 0 Å². The maximum atomic E-state index is 13.3. The first-order valence-electron chi connectivity index (χ1n) is 16.0. The fraction of sp³-hybridized carbons (Fsp3) is 0.351. The van der Waals surface area contributed by atoms with Gasteiger partial charge in [-0.15, -0.1) is 0 Å². The summed E-state index contributed by atoms with van der Waals surface area (Å²) >= 11 is 0. The summed E-state index contributed by atoms with van der Waals surface area (Å²) in [5.41, 5.74) is 2.76. The van der Waals surface area contributed by atoms with Gasteiger partial charge in [-0.2, -0.15) is 0 Å². The Balaban J connectivity index is 1.11. The molecule has 10 heteroatoms. The topological polar surface area (TPSA) is 116 Å². The Labute approximate surface area is 277 Å². The molecule has 9 nitrogen and oxygen atoms in total. The van der Waals surface area contributed by atoms with Gasteiger partial charge in [0.1, 0.15) is 42.3 Å². The number of hydrogen-bond acceptors (Lipinski definition) is 9. The Morgan fingerprint density at radius 3 is 2.21 bits per heavy atom. The van der Waals surface area contributed by atoms with Crippen LogP contribution >= 0.6 is 7.37 Å². The molecule has 2 atom stereocenters. The molecule has 0 aromatic heterocycles. The number of para-hydroxylation sites is 1. The Morgan fingerprint density at radius 1 is 0.787 bits per heavy atom. The van der Waals surface area contributed by atoms with Crippen molar-refractivity contribution in [1.82, 2.24) is 5.32 Å². The fourth-order valence-electron chi connectivity index (χ4n) is 4.74. The highest BCUT2D eigenvalue weighted by molar-refractivity contribution is 7.58. The molecule has 0 aliphatic carbocycles. The highest BCUT2D eigenvalue weighted by atomic mass is 31.2. The Morgan fingerprint density at radius 2 is 1.49 bits per heavy atom. The predicted octanol–water partition coefficient (Wildman–Crippen LogP) is 6.45. The van der Waals surface area contributed by atoms with E-state index in [1.807, 2.05) is 91.9 Å². The largest absolute Gasteiger partial charge is 0.494 e. The molecule has 0 heterocycles. The average molecular weight is 664 g/mol. The first-order valence-corrected chi connectivity index (χ1v) is 18.0. The van der Waals surface area contributed by atoms with E-state index in [2.05, 4.69) is 5.32 Å². The van der Waals surface area contributed by atoms with Crippen molar-refractivity contribution in [2.45, 2.75) is 39.1 Å². The van der Waals surface area contributed by atoms with E-state index in [4.69, 9.17) is 23.5 Å². The summed E-state index contributed by atoms with van der Waals surface area (Å²) < 4.78 is 42.1. The van der Waals surface area contributed by atoms with Crippen LogP contribution in [0.1, 0.15) is 30.0 Å². The zero-order valence-corrected chi connectivity index (χ0v) is 27.9. The second kappa shape index (κ2) is 19.7. The number of rotatable bonds is 22. The minimum atomic E-state index is -2.96. The third-order valence-corrected chi connectivity index (χ3v) is 9.47. The molecule has 0 aliphatic rings. The zero-order valence-electron chi connectivity index (χ0n) is 27.0. The molecule has 3 N–H and O–H groups in total. The first-order chi connectivity index (χ1) is 23.0. The summed E-state index contributed by atoms with van der Waals surface area (Å²) in [4.78, 5) is 0. The summed E-state index contributed by atoms with van der Waals surface area (Å²) in [7, 11) is -2.96. The van der Waals surface area contributed by atoms with Crippen LogP contribution in [0.4, 0.5) is 0 Å². The lowest BCUT2D eigenvalue weighted by Crippen LogP contribution is -2.32. The summed E-state index contributed by atoms with van der Waals surface area (Å²) in [6.07, 6.45) is 1.06. The van der Waals surface area contributed by atoms with Crippen LogP contribution in [-0.4, -0.2) is 61.7 Å². The van der Waals surface area contributed by atoms with Crippen molar-refractivity contribution in [2.24, 2.45) is 0 Å². The number of ether oxygens (including phenoxy) is 4. The van der Waals surface area contributed by atoms with Crippen molar-refractivity contribution in [2.75, 3.05) is 45.4 Å². The number of benzene rings is 4. The van der Waals surface area contributed by atoms with Crippen LogP contribution in [0.15, 0.2) is 103 Å². The molecular formula is C37H46NO8P. The highest BCUT2D eigenvalue weighted by Crippen LogP contribution is 2.47. The van der Waals surface area contributed by atoms with Crippen LogP contribution in [0.2, 0.25) is 0 Å². The van der Waals surface area contributed by atoms with Crippen LogP contribution in [-0.2, 0) is 28.7 Å². The third-order valence-electron chi connectivity index (χ3n) is 7.22. The molecule has 1 unspecified atom stereocenters. The lowest BCUT2D eigenvalue weighted by molar-refractivity contribution is 0.106. The number of hydrogen-bond donors (Lipinski definition) is 3. The van der Waals surface area contributed by atoms with Crippen molar-refractivity contribution >= 4 is 7.37 Å². The van der Waals surface area contributed by atoms with Gasteiger partial charge in [0.2, 0.25) is 7.37 Å². The molecule has 4 aromatic carbocycles. The predicted molar refractivity (Wildman–Crippen MR) is 184 cm³/mol. The van der Waals surface area contributed by atoms with Crippen LogP contribution in [0, 0.1) is 0 Å². The highest BCUT2D eigenvalue weighted by Gasteiger charge is 2.23. The van der Waals surface area contributed by atoms with Crippen molar-refractivity contribution in [3.05, 3.63) is 120 Å². The van der Waals surface area contributed by atoms with E-state index in [0.29, 0.717) is 68.3 Å². The first kappa shape index (κ1) is 36.0. The lowest BCUT2D eigenvalue weighted by Gasteiger charge is -2.19. The van der Waals surface area contributed by atoms with Crippen LogP contribution in [0.5, 0.6) is 23.0 Å². The molecule has 0 radical (unpaired) electrons. The van der Waals surface area contributed by atoms with Crippen molar-refractivity contribution in [3.63, 3.8) is 0 Å². The lowest BCUT2D eigenvalue weighted by atomic mass is 10.1. The van der Waals surface area contributed by atoms with Gasteiger partial charge in [-0.3, -0.25) is 4.57 Å². The van der Waals surface area contributed by atoms with E-state index in [0.717, 1.165) is 23.3 Å². The number of aliphatic hydroxyl groups excluding tert-OH is 2. The van der Waals surface area contributed by atoms with Crippen LogP contribution in [0.3, 0.4) is 0 Å². The van der Waals surface area contributed by atoms with Gasteiger partial charge < -0.3 is 39.0 Å². The van der Waals surface area contributed by atoms with E-state index in [-0.39, 0.29) is 19.6 Å². The average Bonchev–Trinajstić information content (AvgIpc) is 3.11. The Kier molecular flexibility index (Phi) is 15.1. The zero-order chi connectivity index (χ0) is 33.2. The van der Waals surface area contributed by atoms with E-state index in [1.165, 1.54) is 0 Å². The summed E-state index contributed by atoms with van der Waals surface area (Å²) in [6, 6.07) is 32.3. The van der Waals surface area contributed by atoms with Crippen LogP contribution in [0.25, 0.3) is 0 Å². The monoisotopic (exact) mass is 663 g/mol. The molecule has 47 heavy (non-hydrogen) atoms. The summed E-state index contributed by atoms with van der Waals surface area (Å²) in [5, 5.41) is 23.5. The normalized spacial score (nSPS) is 13.0. The van der Waals surface area contributed by atoms with Crippen molar-refractivity contribution in [3.8, 4) is 23.0 Å². The Hall–Kier alpha value is -3.85. The van der Waals surface area contributed by atoms with Crippen molar-refractivity contribution in [1.29, 1.82) is 0 Å². The summed E-state index contributed by atoms with van der Waals surface area (Å²) in [5.74, 6) is 2.57. The van der Waals surface area contributed by atoms with Gasteiger partial charge >= 0.3 is 0 Å². The molecule has 252 valence electrons. The maximum Gasteiger partial charge on any atom is 0.239 e. The van der Waals surface area contributed by atoms with Gasteiger partial charge in [0, 0.05) is 18.3 Å². The molecule has 0 fully saturated rings. The molecule has 0 aliphatic heterocycles. The van der Waals surface area contributed by atoms with Gasteiger partial charge in [0.05, 0.1) is 19.8 Å². The molecule has 0 amide bonds. The smallest absolute Gasteiger partial charge is 0.239 e. The standard InChI is InChI=1S/C37H46NO8P/c1-2-46-47(41,23-9-22-42-34-12-7-4-8-13-34)29-45-35-16-14-30(15-17-35)20-21-38-25-33(40)28-43-36-18-19-37(32(24-36)26-39)44-27-31-10-5-3-6-11-31/h3-8,10-19,24,33,38-40H,2,9,20-23,25-29H2,1H3/t33-,47?/m0/s1. The molecular weight excluding hydrogens is 617 g/mol. The Bertz CT molecular complexity index is 1490. The summed E-state index contributed by atoms with van der Waals surface area (Å²) in [6.45, 7) is 4.02. The molecule has 0 saturated carbocycles. The maximum absolute atomic E-state index is 13.3. The quantitative estimate of drug-likeness (QED) is 0.0645. The number of aliphatic hydroxyl groups is 2. The molecule has 0 bridgehead atoms. The second-order valence-corrected chi connectivity index (χ2v) is 13.6.